The highest BCUT2D eigenvalue weighted by Crippen LogP contribution is 2.22. The first kappa shape index (κ1) is 14.6. The first-order chi connectivity index (χ1) is 9.42. The number of aryl methyl sites for hydroxylation is 1. The van der Waals surface area contributed by atoms with Crippen molar-refractivity contribution in [2.24, 2.45) is 0 Å². The summed E-state index contributed by atoms with van der Waals surface area (Å²) in [5, 5.41) is 3.22. The summed E-state index contributed by atoms with van der Waals surface area (Å²) in [6.07, 6.45) is 0. The number of benzene rings is 1. The van der Waals surface area contributed by atoms with E-state index in [4.69, 9.17) is 4.42 Å². The molecule has 1 unspecified atom stereocenters. The maximum Gasteiger partial charge on any atom is 0.240 e. The lowest BCUT2D eigenvalue weighted by Gasteiger charge is -2.14. The molecule has 0 amide bonds. The van der Waals surface area contributed by atoms with Crippen LogP contribution in [0.25, 0.3) is 0 Å². The summed E-state index contributed by atoms with van der Waals surface area (Å²) in [7, 11) is -2.04. The molecule has 1 aromatic carbocycles. The van der Waals surface area contributed by atoms with Gasteiger partial charge in [0.15, 0.2) is 0 Å². The molecule has 1 atom stereocenters. The van der Waals surface area contributed by atoms with Gasteiger partial charge in [-0.1, -0.05) is 6.07 Å². The van der Waals surface area contributed by atoms with Crippen LogP contribution in [-0.4, -0.2) is 15.5 Å². The van der Waals surface area contributed by atoms with E-state index >= 15 is 0 Å². The van der Waals surface area contributed by atoms with Crippen LogP contribution in [0.2, 0.25) is 0 Å². The van der Waals surface area contributed by atoms with Crippen molar-refractivity contribution >= 4 is 15.7 Å². The largest absolute Gasteiger partial charge is 0.464 e. The zero-order chi connectivity index (χ0) is 14.8. The van der Waals surface area contributed by atoms with Crippen LogP contribution in [0.5, 0.6) is 0 Å². The summed E-state index contributed by atoms with van der Waals surface area (Å²) in [5.41, 5.74) is 0.725. The highest BCUT2D eigenvalue weighted by Gasteiger charge is 2.13. The van der Waals surface area contributed by atoms with Crippen LogP contribution in [-0.2, 0) is 10.0 Å². The van der Waals surface area contributed by atoms with Gasteiger partial charge in [-0.05, 0) is 51.2 Å². The summed E-state index contributed by atoms with van der Waals surface area (Å²) in [5.74, 6) is 1.66. The van der Waals surface area contributed by atoms with Gasteiger partial charge in [0.25, 0.3) is 0 Å². The summed E-state index contributed by atoms with van der Waals surface area (Å²) in [4.78, 5) is 0.229. The predicted octanol–water partition coefficient (Wildman–Crippen LogP) is 2.67. The monoisotopic (exact) mass is 294 g/mol. The van der Waals surface area contributed by atoms with Gasteiger partial charge in [0.05, 0.1) is 10.9 Å². The maximum atomic E-state index is 11.8. The van der Waals surface area contributed by atoms with Gasteiger partial charge >= 0.3 is 0 Å². The van der Waals surface area contributed by atoms with Crippen molar-refractivity contribution in [2.75, 3.05) is 12.4 Å². The molecular formula is C14H18N2O3S. The highest BCUT2D eigenvalue weighted by molar-refractivity contribution is 7.89. The van der Waals surface area contributed by atoms with Gasteiger partial charge < -0.3 is 9.73 Å². The van der Waals surface area contributed by atoms with E-state index in [1.807, 2.05) is 32.0 Å². The smallest absolute Gasteiger partial charge is 0.240 e. The molecule has 20 heavy (non-hydrogen) atoms. The second-order valence-electron chi connectivity index (χ2n) is 4.55. The Morgan fingerprint density at radius 1 is 1.20 bits per heavy atom. The third-order valence-electron chi connectivity index (χ3n) is 2.98. The molecular weight excluding hydrogens is 276 g/mol. The van der Waals surface area contributed by atoms with Gasteiger partial charge in [0, 0.05) is 5.69 Å². The van der Waals surface area contributed by atoms with Crippen LogP contribution in [0.3, 0.4) is 0 Å². The highest BCUT2D eigenvalue weighted by atomic mass is 32.2. The molecule has 0 aliphatic carbocycles. The van der Waals surface area contributed by atoms with Crippen LogP contribution in [0.1, 0.15) is 24.5 Å². The Bertz CT molecular complexity index is 692. The van der Waals surface area contributed by atoms with Crippen molar-refractivity contribution in [1.82, 2.24) is 4.72 Å². The van der Waals surface area contributed by atoms with Gasteiger partial charge in [-0.15, -0.1) is 0 Å². The molecule has 0 saturated heterocycles. The zero-order valence-electron chi connectivity index (χ0n) is 11.7. The van der Waals surface area contributed by atoms with Crippen molar-refractivity contribution in [3.05, 3.63) is 47.9 Å². The van der Waals surface area contributed by atoms with Crippen LogP contribution in [0.4, 0.5) is 5.69 Å². The third-order valence-corrected chi connectivity index (χ3v) is 4.40. The minimum absolute atomic E-state index is 0.0451. The van der Waals surface area contributed by atoms with Gasteiger partial charge in [0.2, 0.25) is 10.0 Å². The number of hydrogen-bond donors (Lipinski definition) is 2. The van der Waals surface area contributed by atoms with Crippen LogP contribution in [0.15, 0.2) is 45.7 Å². The van der Waals surface area contributed by atoms with E-state index in [1.165, 1.54) is 7.05 Å². The zero-order valence-corrected chi connectivity index (χ0v) is 12.5. The van der Waals surface area contributed by atoms with Crippen LogP contribution in [0, 0.1) is 6.92 Å². The van der Waals surface area contributed by atoms with Crippen molar-refractivity contribution < 1.29 is 12.8 Å². The standard InChI is InChI=1S/C14H18N2O3S/c1-10-7-8-14(19-10)11(2)16-12-5-4-6-13(9-12)20(17,18)15-3/h4-9,11,15-16H,1-3H3. The Labute approximate surface area is 119 Å². The minimum atomic E-state index is -3.43. The summed E-state index contributed by atoms with van der Waals surface area (Å²) >= 11 is 0. The van der Waals surface area contributed by atoms with Crippen molar-refractivity contribution in [1.29, 1.82) is 0 Å². The van der Waals surface area contributed by atoms with Crippen LogP contribution < -0.4 is 10.0 Å². The fourth-order valence-electron chi connectivity index (χ4n) is 1.88. The first-order valence-corrected chi connectivity index (χ1v) is 7.77. The lowest BCUT2D eigenvalue weighted by molar-refractivity contribution is 0.467. The molecule has 6 heteroatoms. The Morgan fingerprint density at radius 3 is 2.55 bits per heavy atom. The van der Waals surface area contributed by atoms with E-state index in [-0.39, 0.29) is 10.9 Å². The van der Waals surface area contributed by atoms with E-state index < -0.39 is 10.0 Å². The number of furan rings is 1. The Kier molecular flexibility index (Phi) is 4.15. The Hall–Kier alpha value is -1.79. The molecule has 0 spiro atoms. The van der Waals surface area contributed by atoms with E-state index in [2.05, 4.69) is 10.0 Å². The second kappa shape index (κ2) is 5.68. The quantitative estimate of drug-likeness (QED) is 0.889. The molecule has 0 bridgehead atoms. The van der Waals surface area contributed by atoms with E-state index in [1.54, 1.807) is 18.2 Å². The third kappa shape index (κ3) is 3.20. The average molecular weight is 294 g/mol. The van der Waals surface area contributed by atoms with Crippen LogP contribution >= 0.6 is 0 Å². The number of nitrogens with one attached hydrogen (secondary N) is 2. The topological polar surface area (TPSA) is 71.3 Å². The molecule has 0 saturated carbocycles. The van der Waals surface area contributed by atoms with E-state index in [9.17, 15) is 8.42 Å². The fourth-order valence-corrected chi connectivity index (χ4v) is 2.65. The van der Waals surface area contributed by atoms with Crippen molar-refractivity contribution in [2.45, 2.75) is 24.8 Å². The Morgan fingerprint density at radius 2 is 1.95 bits per heavy atom. The SMILES string of the molecule is CNS(=O)(=O)c1cccc(NC(C)c2ccc(C)o2)c1. The molecule has 5 nitrogen and oxygen atoms in total. The number of sulfonamides is 1. The molecule has 0 aliphatic heterocycles. The lowest BCUT2D eigenvalue weighted by atomic mass is 10.2. The number of rotatable bonds is 5. The average Bonchev–Trinajstić information content (AvgIpc) is 2.86. The van der Waals surface area contributed by atoms with E-state index in [0.717, 1.165) is 17.2 Å². The summed E-state index contributed by atoms with van der Waals surface area (Å²) in [6.45, 7) is 3.84. The number of anilines is 1. The summed E-state index contributed by atoms with van der Waals surface area (Å²) in [6, 6.07) is 10.4. The number of hydrogen-bond acceptors (Lipinski definition) is 4. The molecule has 1 aromatic heterocycles. The molecule has 108 valence electrons. The fraction of sp³-hybridized carbons (Fsp3) is 0.286. The van der Waals surface area contributed by atoms with Crippen molar-refractivity contribution in [3.8, 4) is 0 Å². The Balaban J connectivity index is 2.20. The minimum Gasteiger partial charge on any atom is -0.464 e. The molecule has 2 N–H and O–H groups in total. The van der Waals surface area contributed by atoms with Gasteiger partial charge in [-0.3, -0.25) is 0 Å². The van der Waals surface area contributed by atoms with Gasteiger partial charge in [-0.2, -0.15) is 0 Å². The maximum absolute atomic E-state index is 11.8. The van der Waals surface area contributed by atoms with Crippen molar-refractivity contribution in [3.63, 3.8) is 0 Å². The molecule has 0 aliphatic rings. The predicted molar refractivity (Wildman–Crippen MR) is 78.2 cm³/mol. The molecule has 2 rings (SSSR count). The normalized spacial score (nSPS) is 13.2. The summed E-state index contributed by atoms with van der Waals surface area (Å²) < 4.78 is 31.4. The van der Waals surface area contributed by atoms with E-state index in [0.29, 0.717) is 0 Å². The second-order valence-corrected chi connectivity index (χ2v) is 6.44. The molecule has 2 aromatic rings. The molecule has 0 fully saturated rings. The van der Waals surface area contributed by atoms with Gasteiger partial charge in [-0.25, -0.2) is 13.1 Å². The molecule has 1 heterocycles. The first-order valence-electron chi connectivity index (χ1n) is 6.29. The lowest BCUT2D eigenvalue weighted by Crippen LogP contribution is -2.18. The van der Waals surface area contributed by atoms with Gasteiger partial charge in [0.1, 0.15) is 11.5 Å². The molecule has 0 radical (unpaired) electrons.